The van der Waals surface area contributed by atoms with E-state index in [9.17, 15) is 4.79 Å². The summed E-state index contributed by atoms with van der Waals surface area (Å²) in [5, 5.41) is 7.21. The molecule has 5 heteroatoms. The number of hydrogen-bond acceptors (Lipinski definition) is 3. The minimum atomic E-state index is -0.171. The van der Waals surface area contributed by atoms with Gasteiger partial charge in [-0.25, -0.2) is 0 Å². The standard InChI is InChI=1S/C10H18N4O/c1-8(10(15)13(2)3)11-7-9-5-6-12-14(9)4/h5-6,8,11H,7H2,1-4H3. The Labute approximate surface area is 90.1 Å². The molecule has 1 unspecified atom stereocenters. The van der Waals surface area contributed by atoms with E-state index in [4.69, 9.17) is 0 Å². The van der Waals surface area contributed by atoms with Crippen LogP contribution in [0.3, 0.4) is 0 Å². The third-order valence-corrected chi connectivity index (χ3v) is 2.32. The number of likely N-dealkylation sites (N-methyl/N-ethyl adjacent to an activating group) is 1. The third kappa shape index (κ3) is 3.06. The molecule has 1 aromatic heterocycles. The highest BCUT2D eigenvalue weighted by atomic mass is 16.2. The molecule has 0 aromatic carbocycles. The van der Waals surface area contributed by atoms with Crippen molar-refractivity contribution in [3.05, 3.63) is 18.0 Å². The van der Waals surface area contributed by atoms with Crippen molar-refractivity contribution in [3.8, 4) is 0 Å². The van der Waals surface area contributed by atoms with E-state index < -0.39 is 0 Å². The molecular weight excluding hydrogens is 192 g/mol. The van der Waals surface area contributed by atoms with E-state index in [-0.39, 0.29) is 11.9 Å². The summed E-state index contributed by atoms with van der Waals surface area (Å²) in [5.41, 5.74) is 1.06. The lowest BCUT2D eigenvalue weighted by Crippen LogP contribution is -2.41. The molecule has 0 radical (unpaired) electrons. The normalized spacial score (nSPS) is 12.5. The molecule has 15 heavy (non-hydrogen) atoms. The van der Waals surface area contributed by atoms with Gasteiger partial charge in [0.1, 0.15) is 0 Å². The molecule has 0 fully saturated rings. The van der Waals surface area contributed by atoms with E-state index >= 15 is 0 Å². The van der Waals surface area contributed by atoms with Crippen LogP contribution >= 0.6 is 0 Å². The zero-order valence-corrected chi connectivity index (χ0v) is 9.69. The quantitative estimate of drug-likeness (QED) is 0.760. The van der Waals surface area contributed by atoms with Gasteiger partial charge in [-0.15, -0.1) is 0 Å². The maximum atomic E-state index is 11.5. The fraction of sp³-hybridized carbons (Fsp3) is 0.600. The van der Waals surface area contributed by atoms with Crippen molar-refractivity contribution in [1.29, 1.82) is 0 Å². The van der Waals surface area contributed by atoms with Crippen LogP contribution < -0.4 is 5.32 Å². The van der Waals surface area contributed by atoms with Crippen LogP contribution in [0, 0.1) is 0 Å². The van der Waals surface area contributed by atoms with E-state index in [1.807, 2.05) is 20.0 Å². The summed E-state index contributed by atoms with van der Waals surface area (Å²) in [6, 6.07) is 1.76. The van der Waals surface area contributed by atoms with Crippen LogP contribution in [-0.4, -0.2) is 40.7 Å². The lowest BCUT2D eigenvalue weighted by atomic mass is 10.3. The van der Waals surface area contributed by atoms with Crippen LogP contribution in [0.5, 0.6) is 0 Å². The molecule has 0 spiro atoms. The van der Waals surface area contributed by atoms with Gasteiger partial charge in [-0.2, -0.15) is 5.10 Å². The highest BCUT2D eigenvalue weighted by molar-refractivity contribution is 5.80. The van der Waals surface area contributed by atoms with Gasteiger partial charge in [-0.05, 0) is 13.0 Å². The summed E-state index contributed by atoms with van der Waals surface area (Å²) in [7, 11) is 5.39. The minimum absolute atomic E-state index is 0.0807. The van der Waals surface area contributed by atoms with Gasteiger partial charge in [0.2, 0.25) is 5.91 Å². The van der Waals surface area contributed by atoms with Crippen molar-refractivity contribution in [2.24, 2.45) is 7.05 Å². The van der Waals surface area contributed by atoms with Gasteiger partial charge in [0.15, 0.2) is 0 Å². The molecule has 0 saturated carbocycles. The summed E-state index contributed by atoms with van der Waals surface area (Å²) < 4.78 is 1.79. The Morgan fingerprint density at radius 3 is 2.80 bits per heavy atom. The second kappa shape index (κ2) is 4.93. The van der Waals surface area contributed by atoms with Crippen molar-refractivity contribution >= 4 is 5.91 Å². The Kier molecular flexibility index (Phi) is 3.85. The number of carbonyl (C=O) groups excluding carboxylic acids is 1. The van der Waals surface area contributed by atoms with Gasteiger partial charge < -0.3 is 10.2 Å². The number of aryl methyl sites for hydroxylation is 1. The topological polar surface area (TPSA) is 50.2 Å². The van der Waals surface area contributed by atoms with Crippen molar-refractivity contribution in [2.45, 2.75) is 19.5 Å². The molecule has 84 valence electrons. The molecule has 1 aromatic rings. The minimum Gasteiger partial charge on any atom is -0.347 e. The van der Waals surface area contributed by atoms with Crippen molar-refractivity contribution in [2.75, 3.05) is 14.1 Å². The first-order chi connectivity index (χ1) is 7.02. The summed E-state index contributed by atoms with van der Waals surface area (Å²) in [6.45, 7) is 2.51. The predicted molar refractivity (Wildman–Crippen MR) is 58.2 cm³/mol. The van der Waals surface area contributed by atoms with E-state index in [0.717, 1.165) is 5.69 Å². The van der Waals surface area contributed by atoms with Crippen molar-refractivity contribution < 1.29 is 4.79 Å². The van der Waals surface area contributed by atoms with Crippen molar-refractivity contribution in [1.82, 2.24) is 20.0 Å². The second-order valence-corrected chi connectivity index (χ2v) is 3.78. The number of nitrogens with zero attached hydrogens (tertiary/aromatic N) is 3. The van der Waals surface area contributed by atoms with Gasteiger partial charge in [0, 0.05) is 33.9 Å². The van der Waals surface area contributed by atoms with Gasteiger partial charge in [0.25, 0.3) is 0 Å². The maximum Gasteiger partial charge on any atom is 0.238 e. The molecule has 0 saturated heterocycles. The highest BCUT2D eigenvalue weighted by Crippen LogP contribution is 1.97. The second-order valence-electron chi connectivity index (χ2n) is 3.78. The van der Waals surface area contributed by atoms with Crippen LogP contribution in [0.1, 0.15) is 12.6 Å². The monoisotopic (exact) mass is 210 g/mol. The molecule has 1 rings (SSSR count). The first-order valence-corrected chi connectivity index (χ1v) is 4.93. The zero-order valence-electron chi connectivity index (χ0n) is 9.69. The molecule has 0 aliphatic rings. The Balaban J connectivity index is 2.44. The molecular formula is C10H18N4O. The first kappa shape index (κ1) is 11.7. The average Bonchev–Trinajstić information content (AvgIpc) is 2.59. The number of aromatic nitrogens is 2. The Bertz CT molecular complexity index is 332. The molecule has 1 amide bonds. The van der Waals surface area contributed by atoms with Crippen molar-refractivity contribution in [3.63, 3.8) is 0 Å². The van der Waals surface area contributed by atoms with Crippen LogP contribution in [0.4, 0.5) is 0 Å². The molecule has 1 N–H and O–H groups in total. The lowest BCUT2D eigenvalue weighted by molar-refractivity contribution is -0.130. The molecule has 0 aliphatic carbocycles. The van der Waals surface area contributed by atoms with Gasteiger partial charge in [0.05, 0.1) is 11.7 Å². The van der Waals surface area contributed by atoms with E-state index in [1.165, 1.54) is 0 Å². The fourth-order valence-corrected chi connectivity index (χ4v) is 1.31. The van der Waals surface area contributed by atoms with E-state index in [1.54, 1.807) is 29.9 Å². The molecule has 0 aliphatic heterocycles. The zero-order chi connectivity index (χ0) is 11.4. The van der Waals surface area contributed by atoms with E-state index in [0.29, 0.717) is 6.54 Å². The van der Waals surface area contributed by atoms with Crippen LogP contribution in [0.2, 0.25) is 0 Å². The number of nitrogens with one attached hydrogen (secondary N) is 1. The highest BCUT2D eigenvalue weighted by Gasteiger charge is 2.14. The lowest BCUT2D eigenvalue weighted by Gasteiger charge is -2.17. The van der Waals surface area contributed by atoms with E-state index in [2.05, 4.69) is 10.4 Å². The predicted octanol–water partition coefficient (Wildman–Crippen LogP) is -0.0136. The summed E-state index contributed by atoms with van der Waals surface area (Å²) >= 11 is 0. The third-order valence-electron chi connectivity index (χ3n) is 2.32. The summed E-state index contributed by atoms with van der Waals surface area (Å²) in [5.74, 6) is 0.0807. The van der Waals surface area contributed by atoms with Crippen LogP contribution in [0.15, 0.2) is 12.3 Å². The fourth-order valence-electron chi connectivity index (χ4n) is 1.31. The number of carbonyl (C=O) groups is 1. The molecule has 5 nitrogen and oxygen atoms in total. The smallest absolute Gasteiger partial charge is 0.238 e. The van der Waals surface area contributed by atoms with Crippen LogP contribution in [0.25, 0.3) is 0 Å². The van der Waals surface area contributed by atoms with Gasteiger partial charge in [-0.1, -0.05) is 0 Å². The Morgan fingerprint density at radius 1 is 1.67 bits per heavy atom. The number of amides is 1. The largest absolute Gasteiger partial charge is 0.347 e. The van der Waals surface area contributed by atoms with Gasteiger partial charge in [-0.3, -0.25) is 9.48 Å². The average molecular weight is 210 g/mol. The molecule has 1 heterocycles. The SMILES string of the molecule is CC(NCc1ccnn1C)C(=O)N(C)C. The maximum absolute atomic E-state index is 11.5. The molecule has 0 bridgehead atoms. The number of rotatable bonds is 4. The summed E-state index contributed by atoms with van der Waals surface area (Å²) in [4.78, 5) is 13.1. The number of hydrogen-bond donors (Lipinski definition) is 1. The van der Waals surface area contributed by atoms with Gasteiger partial charge >= 0.3 is 0 Å². The Hall–Kier alpha value is -1.36. The summed E-state index contributed by atoms with van der Waals surface area (Å²) in [6.07, 6.45) is 1.75. The first-order valence-electron chi connectivity index (χ1n) is 4.93. The Morgan fingerprint density at radius 2 is 2.33 bits per heavy atom. The molecule has 1 atom stereocenters. The van der Waals surface area contributed by atoms with Crippen LogP contribution in [-0.2, 0) is 18.4 Å².